The van der Waals surface area contributed by atoms with E-state index in [4.69, 9.17) is 10.8 Å². The van der Waals surface area contributed by atoms with Gasteiger partial charge in [-0.05, 0) is 26.2 Å². The van der Waals surface area contributed by atoms with Crippen molar-refractivity contribution in [2.45, 2.75) is 26.2 Å². The number of aliphatic hydroxyl groups is 1. The van der Waals surface area contributed by atoms with E-state index in [1.165, 1.54) is 6.92 Å². The van der Waals surface area contributed by atoms with E-state index in [0.29, 0.717) is 13.0 Å². The maximum absolute atomic E-state index is 10.9. The van der Waals surface area contributed by atoms with Crippen LogP contribution >= 0.6 is 0 Å². The number of hydrogen-bond acceptors (Lipinski definition) is 7. The third-order valence-electron chi connectivity index (χ3n) is 2.39. The van der Waals surface area contributed by atoms with E-state index in [2.05, 4.69) is 15.3 Å². The van der Waals surface area contributed by atoms with Crippen molar-refractivity contribution in [3.05, 3.63) is 15.8 Å². The fraction of sp³-hybridized carbons (Fsp3) is 0.600. The first-order chi connectivity index (χ1) is 8.56. The Balaban J connectivity index is 2.71. The molecule has 0 atom stereocenters. The molecule has 1 aromatic heterocycles. The van der Waals surface area contributed by atoms with Crippen LogP contribution in [0.15, 0.2) is 0 Å². The van der Waals surface area contributed by atoms with Crippen molar-refractivity contribution in [3.63, 3.8) is 0 Å². The molecular formula is C10H17N5O3. The minimum Gasteiger partial charge on any atom is -0.396 e. The molecule has 8 heteroatoms. The van der Waals surface area contributed by atoms with E-state index in [1.54, 1.807) is 0 Å². The zero-order chi connectivity index (χ0) is 13.5. The van der Waals surface area contributed by atoms with Gasteiger partial charge in [0, 0.05) is 13.2 Å². The number of anilines is 2. The van der Waals surface area contributed by atoms with Gasteiger partial charge in [-0.25, -0.2) is 4.98 Å². The first-order valence-corrected chi connectivity index (χ1v) is 5.69. The quantitative estimate of drug-likeness (QED) is 0.374. The molecule has 0 saturated heterocycles. The van der Waals surface area contributed by atoms with Gasteiger partial charge in [-0.15, -0.1) is 0 Å². The molecule has 4 N–H and O–H groups in total. The highest BCUT2D eigenvalue weighted by molar-refractivity contribution is 5.60. The summed E-state index contributed by atoms with van der Waals surface area (Å²) in [5.74, 6) is 0.157. The largest absolute Gasteiger partial charge is 0.396 e. The summed E-state index contributed by atoms with van der Waals surface area (Å²) < 4.78 is 0. The second-order valence-electron chi connectivity index (χ2n) is 3.83. The van der Waals surface area contributed by atoms with Crippen LogP contribution in [-0.2, 0) is 0 Å². The van der Waals surface area contributed by atoms with Gasteiger partial charge in [0.15, 0.2) is 0 Å². The molecule has 100 valence electrons. The number of nitro groups is 1. The monoisotopic (exact) mass is 255 g/mol. The maximum atomic E-state index is 10.9. The van der Waals surface area contributed by atoms with Gasteiger partial charge in [0.05, 0.1) is 4.92 Å². The maximum Gasteiger partial charge on any atom is 0.332 e. The highest BCUT2D eigenvalue weighted by Gasteiger charge is 2.20. The predicted octanol–water partition coefficient (Wildman–Crippen LogP) is 0.850. The Labute approximate surface area is 104 Å². The molecule has 0 aliphatic carbocycles. The molecule has 8 nitrogen and oxygen atoms in total. The van der Waals surface area contributed by atoms with Gasteiger partial charge in [-0.2, -0.15) is 4.98 Å². The third-order valence-corrected chi connectivity index (χ3v) is 2.39. The van der Waals surface area contributed by atoms with Gasteiger partial charge in [0.25, 0.3) is 0 Å². The molecule has 0 radical (unpaired) electrons. The van der Waals surface area contributed by atoms with Crippen LogP contribution in [0.1, 0.15) is 25.0 Å². The number of nitrogens with one attached hydrogen (secondary N) is 1. The van der Waals surface area contributed by atoms with Crippen LogP contribution in [0.25, 0.3) is 0 Å². The van der Waals surface area contributed by atoms with E-state index >= 15 is 0 Å². The molecule has 0 spiro atoms. The SMILES string of the molecule is Cc1nc(N)nc(NCCCCCO)c1[N+](=O)[O-]. The van der Waals surface area contributed by atoms with Crippen LogP contribution in [0.4, 0.5) is 17.5 Å². The number of nitrogen functional groups attached to an aromatic ring is 1. The van der Waals surface area contributed by atoms with Crippen molar-refractivity contribution in [3.8, 4) is 0 Å². The van der Waals surface area contributed by atoms with Gasteiger partial charge in [0.1, 0.15) is 5.69 Å². The minimum atomic E-state index is -0.523. The summed E-state index contributed by atoms with van der Waals surface area (Å²) in [5.41, 5.74) is 5.56. The second-order valence-corrected chi connectivity index (χ2v) is 3.83. The second kappa shape index (κ2) is 6.70. The summed E-state index contributed by atoms with van der Waals surface area (Å²) in [6, 6.07) is 0. The van der Waals surface area contributed by atoms with Crippen molar-refractivity contribution >= 4 is 17.5 Å². The Hall–Kier alpha value is -1.96. The van der Waals surface area contributed by atoms with Gasteiger partial charge < -0.3 is 16.2 Å². The molecule has 0 saturated carbocycles. The summed E-state index contributed by atoms with van der Waals surface area (Å²) in [5, 5.41) is 22.4. The Bertz CT molecular complexity index is 424. The molecule has 0 aliphatic heterocycles. The molecule has 0 amide bonds. The zero-order valence-corrected chi connectivity index (χ0v) is 10.2. The first kappa shape index (κ1) is 14.1. The number of rotatable bonds is 7. The fourth-order valence-corrected chi connectivity index (χ4v) is 1.55. The Morgan fingerprint density at radius 2 is 2.11 bits per heavy atom. The smallest absolute Gasteiger partial charge is 0.332 e. The lowest BCUT2D eigenvalue weighted by molar-refractivity contribution is -0.385. The number of aliphatic hydroxyl groups excluding tert-OH is 1. The molecule has 0 unspecified atom stereocenters. The number of nitrogens with zero attached hydrogens (tertiary/aromatic N) is 3. The summed E-state index contributed by atoms with van der Waals surface area (Å²) in [6.45, 7) is 2.21. The van der Waals surface area contributed by atoms with Gasteiger partial charge >= 0.3 is 5.69 Å². The highest BCUT2D eigenvalue weighted by atomic mass is 16.6. The topological polar surface area (TPSA) is 127 Å². The van der Waals surface area contributed by atoms with Crippen LogP contribution < -0.4 is 11.1 Å². The van der Waals surface area contributed by atoms with Crippen LogP contribution in [0.5, 0.6) is 0 Å². The molecule has 1 aromatic rings. The number of aryl methyl sites for hydroxylation is 1. The minimum absolute atomic E-state index is 0.0101. The molecular weight excluding hydrogens is 238 g/mol. The van der Waals surface area contributed by atoms with Gasteiger partial charge in [-0.3, -0.25) is 10.1 Å². The van der Waals surface area contributed by atoms with E-state index in [-0.39, 0.29) is 29.8 Å². The fourth-order valence-electron chi connectivity index (χ4n) is 1.55. The normalized spacial score (nSPS) is 10.3. The van der Waals surface area contributed by atoms with Crippen molar-refractivity contribution in [2.24, 2.45) is 0 Å². The van der Waals surface area contributed by atoms with Crippen molar-refractivity contribution in [1.29, 1.82) is 0 Å². The number of nitrogens with two attached hydrogens (primary N) is 1. The number of aromatic nitrogens is 2. The van der Waals surface area contributed by atoms with Gasteiger partial charge in [0.2, 0.25) is 11.8 Å². The molecule has 18 heavy (non-hydrogen) atoms. The molecule has 0 aromatic carbocycles. The molecule has 0 bridgehead atoms. The van der Waals surface area contributed by atoms with Crippen LogP contribution in [0.2, 0.25) is 0 Å². The summed E-state index contributed by atoms with van der Waals surface area (Å²) >= 11 is 0. The van der Waals surface area contributed by atoms with E-state index in [9.17, 15) is 10.1 Å². The standard InChI is InChI=1S/C10H17N5O3/c1-7-8(15(17)18)9(14-10(11)13-7)12-5-3-2-4-6-16/h16H,2-6H2,1H3,(H3,11,12,13,14). The van der Waals surface area contributed by atoms with Crippen molar-refractivity contribution in [1.82, 2.24) is 9.97 Å². The molecule has 1 rings (SSSR count). The molecule has 0 fully saturated rings. The van der Waals surface area contributed by atoms with Gasteiger partial charge in [-0.1, -0.05) is 0 Å². The summed E-state index contributed by atoms with van der Waals surface area (Å²) in [7, 11) is 0. The van der Waals surface area contributed by atoms with Crippen LogP contribution in [0, 0.1) is 17.0 Å². The third kappa shape index (κ3) is 3.81. The van der Waals surface area contributed by atoms with E-state index in [1.807, 2.05) is 0 Å². The van der Waals surface area contributed by atoms with E-state index < -0.39 is 4.92 Å². The first-order valence-electron chi connectivity index (χ1n) is 5.69. The lowest BCUT2D eigenvalue weighted by Gasteiger charge is -2.07. The van der Waals surface area contributed by atoms with Crippen LogP contribution in [0.3, 0.4) is 0 Å². The van der Waals surface area contributed by atoms with Crippen molar-refractivity contribution < 1.29 is 10.0 Å². The average molecular weight is 255 g/mol. The number of hydrogen-bond donors (Lipinski definition) is 3. The Morgan fingerprint density at radius 3 is 2.72 bits per heavy atom. The van der Waals surface area contributed by atoms with Crippen molar-refractivity contribution in [2.75, 3.05) is 24.2 Å². The lowest BCUT2D eigenvalue weighted by Crippen LogP contribution is -2.10. The number of unbranched alkanes of at least 4 members (excludes halogenated alkanes) is 2. The van der Waals surface area contributed by atoms with E-state index in [0.717, 1.165) is 12.8 Å². The lowest BCUT2D eigenvalue weighted by atomic mass is 10.2. The van der Waals surface area contributed by atoms with Crippen LogP contribution in [-0.4, -0.2) is 33.1 Å². The molecule has 1 heterocycles. The summed E-state index contributed by atoms with van der Waals surface area (Å²) in [6.07, 6.45) is 2.35. The Kier molecular flexibility index (Phi) is 5.25. The predicted molar refractivity (Wildman–Crippen MR) is 67.3 cm³/mol. The average Bonchev–Trinajstić information content (AvgIpc) is 2.27. The Morgan fingerprint density at radius 1 is 1.39 bits per heavy atom. The molecule has 0 aliphatic rings. The highest BCUT2D eigenvalue weighted by Crippen LogP contribution is 2.25. The zero-order valence-electron chi connectivity index (χ0n) is 10.2. The summed E-state index contributed by atoms with van der Waals surface area (Å²) in [4.78, 5) is 18.0.